The van der Waals surface area contributed by atoms with Gasteiger partial charge in [-0.3, -0.25) is 9.69 Å². The molecule has 1 saturated heterocycles. The number of rotatable bonds is 7. The topological polar surface area (TPSA) is 55.8 Å². The van der Waals surface area contributed by atoms with E-state index >= 15 is 0 Å². The molecule has 0 aromatic heterocycles. The van der Waals surface area contributed by atoms with Crippen molar-refractivity contribution in [2.75, 3.05) is 45.9 Å². The summed E-state index contributed by atoms with van der Waals surface area (Å²) in [6, 6.07) is 7.74. The molecular formula is C18H29N3O2. The highest BCUT2D eigenvalue weighted by atomic mass is 16.3. The molecule has 1 unspecified atom stereocenters. The van der Waals surface area contributed by atoms with Crippen molar-refractivity contribution in [3.8, 4) is 0 Å². The molecule has 0 aliphatic carbocycles. The standard InChI is InChI=1S/C18H29N3O2/c1-3-15-5-7-16(8-6-15)17(14-22)19-18(23)13-21-11-9-20(4-2)10-12-21/h5-8,17,22H,3-4,9-14H2,1-2H3,(H,19,23). The molecule has 128 valence electrons. The molecule has 1 aromatic rings. The molecule has 0 bridgehead atoms. The Kier molecular flexibility index (Phi) is 7.02. The van der Waals surface area contributed by atoms with E-state index in [0.717, 1.165) is 44.7 Å². The Morgan fingerprint density at radius 3 is 2.26 bits per heavy atom. The van der Waals surface area contributed by atoms with Gasteiger partial charge in [0.25, 0.3) is 0 Å². The molecule has 0 spiro atoms. The second-order valence-corrected chi connectivity index (χ2v) is 6.11. The first-order chi connectivity index (χ1) is 11.2. The molecule has 2 N–H and O–H groups in total. The number of amides is 1. The number of benzene rings is 1. The zero-order valence-electron chi connectivity index (χ0n) is 14.3. The highest BCUT2D eigenvalue weighted by Crippen LogP contribution is 2.14. The molecule has 23 heavy (non-hydrogen) atoms. The van der Waals surface area contributed by atoms with Gasteiger partial charge in [-0.05, 0) is 24.1 Å². The average Bonchev–Trinajstić information content (AvgIpc) is 2.60. The molecular weight excluding hydrogens is 290 g/mol. The summed E-state index contributed by atoms with van der Waals surface area (Å²) in [4.78, 5) is 16.8. The summed E-state index contributed by atoms with van der Waals surface area (Å²) in [6.45, 7) is 9.56. The van der Waals surface area contributed by atoms with E-state index in [9.17, 15) is 9.90 Å². The van der Waals surface area contributed by atoms with Crippen LogP contribution in [-0.4, -0.2) is 66.7 Å². The van der Waals surface area contributed by atoms with Crippen LogP contribution in [0.5, 0.6) is 0 Å². The van der Waals surface area contributed by atoms with Crippen LogP contribution in [0.1, 0.15) is 31.0 Å². The quantitative estimate of drug-likeness (QED) is 0.788. The summed E-state index contributed by atoms with van der Waals surface area (Å²) in [5.41, 5.74) is 2.21. The molecule has 1 atom stereocenters. The van der Waals surface area contributed by atoms with E-state index in [2.05, 4.69) is 29.0 Å². The minimum Gasteiger partial charge on any atom is -0.394 e. The first kappa shape index (κ1) is 17.9. The highest BCUT2D eigenvalue weighted by Gasteiger charge is 2.20. The van der Waals surface area contributed by atoms with Gasteiger partial charge in [-0.2, -0.15) is 0 Å². The zero-order chi connectivity index (χ0) is 16.7. The summed E-state index contributed by atoms with van der Waals surface area (Å²) in [6.07, 6.45) is 0.986. The van der Waals surface area contributed by atoms with E-state index in [0.29, 0.717) is 6.54 Å². The van der Waals surface area contributed by atoms with Crippen molar-refractivity contribution in [3.63, 3.8) is 0 Å². The third-order valence-electron chi connectivity index (χ3n) is 4.59. The van der Waals surface area contributed by atoms with E-state index < -0.39 is 0 Å². The van der Waals surface area contributed by atoms with Crippen LogP contribution in [0.4, 0.5) is 0 Å². The van der Waals surface area contributed by atoms with Gasteiger partial charge in [0.2, 0.25) is 5.91 Å². The molecule has 1 aromatic carbocycles. The Balaban J connectivity index is 1.84. The minimum absolute atomic E-state index is 0.0198. The molecule has 1 aliphatic rings. The number of aliphatic hydroxyl groups excluding tert-OH is 1. The smallest absolute Gasteiger partial charge is 0.234 e. The number of piperazine rings is 1. The molecule has 2 rings (SSSR count). The lowest BCUT2D eigenvalue weighted by Crippen LogP contribution is -2.49. The van der Waals surface area contributed by atoms with Gasteiger partial charge < -0.3 is 15.3 Å². The Labute approximate surface area is 139 Å². The van der Waals surface area contributed by atoms with Crippen molar-refractivity contribution < 1.29 is 9.90 Å². The monoisotopic (exact) mass is 319 g/mol. The lowest BCUT2D eigenvalue weighted by Gasteiger charge is -2.33. The number of nitrogens with one attached hydrogen (secondary N) is 1. The number of aliphatic hydroxyl groups is 1. The normalized spacial score (nSPS) is 17.9. The number of carbonyl (C=O) groups is 1. The summed E-state index contributed by atoms with van der Waals surface area (Å²) < 4.78 is 0. The molecule has 1 fully saturated rings. The number of hydrogen-bond donors (Lipinski definition) is 2. The van der Waals surface area contributed by atoms with Crippen molar-refractivity contribution in [1.29, 1.82) is 0 Å². The predicted molar refractivity (Wildman–Crippen MR) is 92.3 cm³/mol. The molecule has 5 heteroatoms. The number of aryl methyl sites for hydroxylation is 1. The molecule has 5 nitrogen and oxygen atoms in total. The predicted octanol–water partition coefficient (Wildman–Crippen LogP) is 1.04. The Morgan fingerprint density at radius 2 is 1.74 bits per heavy atom. The summed E-state index contributed by atoms with van der Waals surface area (Å²) in [5, 5.41) is 12.5. The molecule has 1 amide bonds. The molecule has 0 radical (unpaired) electrons. The highest BCUT2D eigenvalue weighted by molar-refractivity contribution is 5.78. The Bertz CT molecular complexity index is 482. The fourth-order valence-corrected chi connectivity index (χ4v) is 2.93. The van der Waals surface area contributed by atoms with Crippen LogP contribution in [0.15, 0.2) is 24.3 Å². The first-order valence-electron chi connectivity index (χ1n) is 8.60. The van der Waals surface area contributed by atoms with Gasteiger partial charge in [-0.15, -0.1) is 0 Å². The van der Waals surface area contributed by atoms with Crippen molar-refractivity contribution in [2.45, 2.75) is 26.3 Å². The van der Waals surface area contributed by atoms with E-state index in [1.54, 1.807) is 0 Å². The maximum absolute atomic E-state index is 12.3. The molecule has 1 aliphatic heterocycles. The van der Waals surface area contributed by atoms with E-state index in [1.807, 2.05) is 24.3 Å². The van der Waals surface area contributed by atoms with Crippen molar-refractivity contribution in [3.05, 3.63) is 35.4 Å². The zero-order valence-corrected chi connectivity index (χ0v) is 14.3. The van der Waals surface area contributed by atoms with Crippen LogP contribution in [0.2, 0.25) is 0 Å². The number of carbonyl (C=O) groups excluding carboxylic acids is 1. The summed E-state index contributed by atoms with van der Waals surface area (Å²) in [5.74, 6) is -0.0198. The Hall–Kier alpha value is -1.43. The number of nitrogens with zero attached hydrogens (tertiary/aromatic N) is 2. The van der Waals surface area contributed by atoms with Crippen LogP contribution in [0, 0.1) is 0 Å². The van der Waals surface area contributed by atoms with Gasteiger partial charge in [0.15, 0.2) is 0 Å². The van der Waals surface area contributed by atoms with Crippen LogP contribution in [0.25, 0.3) is 0 Å². The van der Waals surface area contributed by atoms with Crippen molar-refractivity contribution in [1.82, 2.24) is 15.1 Å². The average molecular weight is 319 g/mol. The van der Waals surface area contributed by atoms with Gasteiger partial charge in [-0.1, -0.05) is 38.1 Å². The van der Waals surface area contributed by atoms with Crippen molar-refractivity contribution >= 4 is 5.91 Å². The van der Waals surface area contributed by atoms with Gasteiger partial charge in [0, 0.05) is 26.2 Å². The van der Waals surface area contributed by atoms with Gasteiger partial charge in [0.1, 0.15) is 0 Å². The number of hydrogen-bond acceptors (Lipinski definition) is 4. The van der Waals surface area contributed by atoms with E-state index in [-0.39, 0.29) is 18.6 Å². The van der Waals surface area contributed by atoms with Gasteiger partial charge in [0.05, 0.1) is 19.2 Å². The Morgan fingerprint density at radius 1 is 1.13 bits per heavy atom. The SMILES string of the molecule is CCc1ccc(C(CO)NC(=O)CN2CCN(CC)CC2)cc1. The van der Waals surface area contributed by atoms with Gasteiger partial charge >= 0.3 is 0 Å². The van der Waals surface area contributed by atoms with Crippen LogP contribution in [-0.2, 0) is 11.2 Å². The van der Waals surface area contributed by atoms with Crippen LogP contribution in [0.3, 0.4) is 0 Å². The minimum atomic E-state index is -0.328. The van der Waals surface area contributed by atoms with Gasteiger partial charge in [-0.25, -0.2) is 0 Å². The van der Waals surface area contributed by atoms with Crippen LogP contribution < -0.4 is 5.32 Å². The van der Waals surface area contributed by atoms with Crippen molar-refractivity contribution in [2.24, 2.45) is 0 Å². The maximum Gasteiger partial charge on any atom is 0.234 e. The molecule has 0 saturated carbocycles. The third kappa shape index (κ3) is 5.30. The fourth-order valence-electron chi connectivity index (χ4n) is 2.93. The van der Waals surface area contributed by atoms with E-state index in [4.69, 9.17) is 0 Å². The largest absolute Gasteiger partial charge is 0.394 e. The summed E-state index contributed by atoms with van der Waals surface area (Å²) >= 11 is 0. The van der Waals surface area contributed by atoms with Crippen LogP contribution >= 0.6 is 0 Å². The molecule has 1 heterocycles. The lowest BCUT2D eigenvalue weighted by molar-refractivity contribution is -0.123. The second-order valence-electron chi connectivity index (χ2n) is 6.11. The maximum atomic E-state index is 12.3. The fraction of sp³-hybridized carbons (Fsp3) is 0.611. The van der Waals surface area contributed by atoms with E-state index in [1.165, 1.54) is 5.56 Å². The summed E-state index contributed by atoms with van der Waals surface area (Å²) in [7, 11) is 0. The third-order valence-corrected chi connectivity index (χ3v) is 4.59. The lowest BCUT2D eigenvalue weighted by atomic mass is 10.0. The second kappa shape index (κ2) is 9.01. The first-order valence-corrected chi connectivity index (χ1v) is 8.60. The number of likely N-dealkylation sites (N-methyl/N-ethyl adjacent to an activating group) is 1.